The molecule has 1 amide bonds. The number of aromatic nitrogens is 4. The number of rotatable bonds is 4. The number of pyridine rings is 1. The van der Waals surface area contributed by atoms with E-state index in [2.05, 4.69) is 15.2 Å². The highest BCUT2D eigenvalue weighted by molar-refractivity contribution is 6.29. The van der Waals surface area contributed by atoms with Crippen LogP contribution in [0.15, 0.2) is 36.7 Å². The predicted octanol–water partition coefficient (Wildman–Crippen LogP) is 3.83. The van der Waals surface area contributed by atoms with E-state index in [1.165, 1.54) is 17.0 Å². The number of anilines is 1. The van der Waals surface area contributed by atoms with Gasteiger partial charge in [0.1, 0.15) is 23.1 Å². The molecule has 1 aromatic carbocycles. The molecule has 0 radical (unpaired) electrons. The van der Waals surface area contributed by atoms with Crippen molar-refractivity contribution in [2.75, 3.05) is 4.90 Å². The zero-order valence-electron chi connectivity index (χ0n) is 15.2. The van der Waals surface area contributed by atoms with E-state index in [1.807, 2.05) is 7.05 Å². The Morgan fingerprint density at radius 2 is 2.00 bits per heavy atom. The summed E-state index contributed by atoms with van der Waals surface area (Å²) in [4.78, 5) is 18.1. The number of benzene rings is 1. The van der Waals surface area contributed by atoms with Gasteiger partial charge < -0.3 is 4.57 Å². The Kier molecular flexibility index (Phi) is 4.77. The first kappa shape index (κ1) is 19.4. The number of carbonyl (C=O) groups excluding carboxylic acids is 1. The third-order valence-electron chi connectivity index (χ3n) is 4.83. The van der Waals surface area contributed by atoms with E-state index in [1.54, 1.807) is 23.0 Å². The lowest BCUT2D eigenvalue weighted by atomic mass is 10.0. The van der Waals surface area contributed by atoms with Crippen LogP contribution in [0.2, 0.25) is 5.15 Å². The lowest BCUT2D eigenvalue weighted by Crippen LogP contribution is -2.24. The van der Waals surface area contributed by atoms with Gasteiger partial charge in [0.25, 0.3) is 5.91 Å². The molecule has 0 spiro atoms. The number of halogens is 4. The molecule has 3 aromatic rings. The highest BCUT2D eigenvalue weighted by atomic mass is 35.5. The molecule has 10 heteroatoms. The average Bonchev–Trinajstić information content (AvgIpc) is 3.22. The van der Waals surface area contributed by atoms with Crippen molar-refractivity contribution < 1.29 is 18.0 Å². The number of aryl methyl sites for hydroxylation is 3. The molecule has 0 fully saturated rings. The van der Waals surface area contributed by atoms with Crippen molar-refractivity contribution in [2.24, 2.45) is 7.05 Å². The Bertz CT molecular complexity index is 1100. The second-order valence-corrected chi connectivity index (χ2v) is 7.12. The second-order valence-electron chi connectivity index (χ2n) is 6.74. The van der Waals surface area contributed by atoms with Crippen molar-refractivity contribution in [1.82, 2.24) is 19.7 Å². The Balaban J connectivity index is 1.63. The minimum atomic E-state index is -4.54. The lowest BCUT2D eigenvalue weighted by molar-refractivity contribution is -0.138. The molecular formula is C19H15ClF3N5O. The van der Waals surface area contributed by atoms with Crippen LogP contribution in [0.5, 0.6) is 0 Å². The highest BCUT2D eigenvalue weighted by Gasteiger charge is 2.40. The van der Waals surface area contributed by atoms with Crippen LogP contribution in [0, 0.1) is 0 Å². The van der Waals surface area contributed by atoms with Gasteiger partial charge in [0.2, 0.25) is 0 Å². The highest BCUT2D eigenvalue weighted by Crippen LogP contribution is 2.38. The summed E-state index contributed by atoms with van der Waals surface area (Å²) in [6.07, 6.45) is -1.80. The number of amides is 1. The number of hydrogen-bond acceptors (Lipinski definition) is 4. The summed E-state index contributed by atoms with van der Waals surface area (Å²) < 4.78 is 41.7. The zero-order valence-corrected chi connectivity index (χ0v) is 16.0. The first-order chi connectivity index (χ1) is 13.7. The molecule has 29 heavy (non-hydrogen) atoms. The van der Waals surface area contributed by atoms with Crippen molar-refractivity contribution in [1.29, 1.82) is 0 Å². The van der Waals surface area contributed by atoms with Gasteiger partial charge in [0.05, 0.1) is 12.1 Å². The van der Waals surface area contributed by atoms with Crippen LogP contribution < -0.4 is 4.90 Å². The maximum atomic E-state index is 13.3. The molecule has 0 N–H and O–H groups in total. The largest absolute Gasteiger partial charge is 0.416 e. The van der Waals surface area contributed by atoms with Gasteiger partial charge in [-0.3, -0.25) is 9.69 Å². The zero-order chi connectivity index (χ0) is 20.8. The van der Waals surface area contributed by atoms with E-state index in [-0.39, 0.29) is 28.6 Å². The van der Waals surface area contributed by atoms with Gasteiger partial charge in [-0.2, -0.15) is 13.2 Å². The standard InChI is InChI=1S/C19H15ClF3N5O/c1-27-10-24-26-16(27)6-5-11-7-15(20)25-17(8-11)28-9-13-12(18(28)29)3-2-4-14(13)19(21,22)23/h2-4,7-8,10H,5-6,9H2,1H3. The van der Waals surface area contributed by atoms with Crippen molar-refractivity contribution >= 4 is 23.3 Å². The van der Waals surface area contributed by atoms with Gasteiger partial charge in [-0.05, 0) is 41.8 Å². The topological polar surface area (TPSA) is 63.9 Å². The first-order valence-corrected chi connectivity index (χ1v) is 9.12. The predicted molar refractivity (Wildman–Crippen MR) is 99.6 cm³/mol. The van der Waals surface area contributed by atoms with Crippen LogP contribution in [0.4, 0.5) is 19.0 Å². The van der Waals surface area contributed by atoms with Gasteiger partial charge in [0.15, 0.2) is 0 Å². The molecule has 0 aliphatic carbocycles. The van der Waals surface area contributed by atoms with E-state index in [9.17, 15) is 18.0 Å². The van der Waals surface area contributed by atoms with E-state index >= 15 is 0 Å². The summed E-state index contributed by atoms with van der Waals surface area (Å²) in [5, 5.41) is 8.00. The average molecular weight is 422 g/mol. The van der Waals surface area contributed by atoms with Crippen LogP contribution in [0.1, 0.15) is 32.9 Å². The lowest BCUT2D eigenvalue weighted by Gasteiger charge is -2.16. The molecule has 4 rings (SSSR count). The van der Waals surface area contributed by atoms with Gasteiger partial charge in [0, 0.05) is 19.0 Å². The van der Waals surface area contributed by atoms with Crippen LogP contribution in [-0.4, -0.2) is 25.7 Å². The Hall–Kier alpha value is -2.94. The normalized spacial score (nSPS) is 13.8. The number of fused-ring (bicyclic) bond motifs is 1. The number of hydrogen-bond donors (Lipinski definition) is 0. The fourth-order valence-corrected chi connectivity index (χ4v) is 3.62. The third kappa shape index (κ3) is 3.69. The second kappa shape index (κ2) is 7.14. The number of alkyl halides is 3. The van der Waals surface area contributed by atoms with Crippen molar-refractivity contribution in [3.8, 4) is 0 Å². The molecule has 0 saturated heterocycles. The molecule has 150 valence electrons. The molecular weight excluding hydrogens is 407 g/mol. The molecule has 1 aliphatic heterocycles. The van der Waals surface area contributed by atoms with Crippen LogP contribution in [0.25, 0.3) is 0 Å². The molecule has 6 nitrogen and oxygen atoms in total. The molecule has 0 atom stereocenters. The van der Waals surface area contributed by atoms with E-state index in [0.29, 0.717) is 12.8 Å². The summed E-state index contributed by atoms with van der Waals surface area (Å²) in [5.74, 6) is 0.471. The van der Waals surface area contributed by atoms with Gasteiger partial charge in [-0.15, -0.1) is 10.2 Å². The maximum absolute atomic E-state index is 13.3. The van der Waals surface area contributed by atoms with E-state index in [4.69, 9.17) is 11.6 Å². The first-order valence-electron chi connectivity index (χ1n) is 8.74. The molecule has 1 aliphatic rings. The Morgan fingerprint density at radius 1 is 1.21 bits per heavy atom. The van der Waals surface area contributed by atoms with Crippen LogP contribution in [0.3, 0.4) is 0 Å². The van der Waals surface area contributed by atoms with E-state index < -0.39 is 17.6 Å². The number of nitrogens with zero attached hydrogens (tertiary/aromatic N) is 5. The van der Waals surface area contributed by atoms with Crippen molar-refractivity contribution in [3.05, 3.63) is 69.9 Å². The summed E-state index contributed by atoms with van der Waals surface area (Å²) in [6.45, 7) is -0.208. The van der Waals surface area contributed by atoms with Gasteiger partial charge in [-0.25, -0.2) is 4.98 Å². The maximum Gasteiger partial charge on any atom is 0.416 e. The van der Waals surface area contributed by atoms with E-state index in [0.717, 1.165) is 17.5 Å². The summed E-state index contributed by atoms with van der Waals surface area (Å²) in [7, 11) is 1.83. The number of carbonyl (C=O) groups is 1. The monoisotopic (exact) mass is 421 g/mol. The van der Waals surface area contributed by atoms with Crippen LogP contribution in [-0.2, 0) is 32.6 Å². The van der Waals surface area contributed by atoms with Crippen molar-refractivity contribution in [2.45, 2.75) is 25.6 Å². The fourth-order valence-electron chi connectivity index (χ4n) is 3.39. The Labute approximate surface area is 168 Å². The fraction of sp³-hybridized carbons (Fsp3) is 0.263. The molecule has 0 unspecified atom stereocenters. The van der Waals surface area contributed by atoms with Crippen LogP contribution >= 0.6 is 11.6 Å². The SMILES string of the molecule is Cn1cnnc1CCc1cc(Cl)nc(N2Cc3c(cccc3C(F)(F)F)C2=O)c1. The van der Waals surface area contributed by atoms with Crippen molar-refractivity contribution in [3.63, 3.8) is 0 Å². The van der Waals surface area contributed by atoms with Gasteiger partial charge >= 0.3 is 6.18 Å². The summed E-state index contributed by atoms with van der Waals surface area (Å²) in [5.41, 5.74) is -0.0344. The summed E-state index contributed by atoms with van der Waals surface area (Å²) >= 11 is 6.12. The Morgan fingerprint density at radius 3 is 2.69 bits per heavy atom. The molecule has 0 saturated carbocycles. The smallest absolute Gasteiger partial charge is 0.321 e. The minimum absolute atomic E-state index is 0.0298. The molecule has 0 bridgehead atoms. The third-order valence-corrected chi connectivity index (χ3v) is 5.03. The molecule has 2 aromatic heterocycles. The molecule has 3 heterocycles. The minimum Gasteiger partial charge on any atom is -0.321 e. The quantitative estimate of drug-likeness (QED) is 0.601. The van der Waals surface area contributed by atoms with Gasteiger partial charge in [-0.1, -0.05) is 17.7 Å². The summed E-state index contributed by atoms with van der Waals surface area (Å²) in [6, 6.07) is 6.94.